The van der Waals surface area contributed by atoms with Gasteiger partial charge < -0.3 is 30.0 Å². The molecule has 1 aliphatic rings. The molecule has 8 nitrogen and oxygen atoms in total. The van der Waals surface area contributed by atoms with E-state index in [2.05, 4.69) is 79.7 Å². The molecule has 0 saturated heterocycles. The first kappa shape index (κ1) is 41.8. The molecule has 0 amide bonds. The minimum Gasteiger partial charge on any atom is -0.550 e. The maximum atomic E-state index is 10.9. The Hall–Kier alpha value is -3.17. The van der Waals surface area contributed by atoms with Crippen molar-refractivity contribution in [1.29, 1.82) is 0 Å². The maximum absolute atomic E-state index is 10.9. The maximum Gasteiger partial charge on any atom is 2.00 e. The molecule has 0 aliphatic heterocycles. The molecular weight excluding hydrogens is 615 g/mol. The summed E-state index contributed by atoms with van der Waals surface area (Å²) < 4.78 is 0. The van der Waals surface area contributed by atoms with E-state index in [0.29, 0.717) is 11.5 Å². The molecule has 1 saturated carbocycles. The van der Waals surface area contributed by atoms with Crippen LogP contribution in [0.25, 0.3) is 0 Å². The number of aromatic hydroxyl groups is 2. The predicted molar refractivity (Wildman–Crippen MR) is 175 cm³/mol. The SMILES string of the molecule is CC(=O)[O-].CC(=O)[O-].CCc1cc(C=NC2CCCC(N=Cc3cc(CC)cc(C(C)(C)C)c3O)C2)c(O)c(C(C)(C)C)c1.[Co+2]. The molecule has 0 aromatic heterocycles. The first-order valence-electron chi connectivity index (χ1n) is 15.4. The number of carbonyl (C=O) groups excluding carboxylic acids is 2. The van der Waals surface area contributed by atoms with Crippen LogP contribution in [0.15, 0.2) is 34.3 Å². The van der Waals surface area contributed by atoms with Gasteiger partial charge in [-0.25, -0.2) is 0 Å². The third-order valence-electron chi connectivity index (χ3n) is 7.30. The largest absolute Gasteiger partial charge is 2.00 e. The normalized spacial score (nSPS) is 16.7. The molecule has 0 bridgehead atoms. The number of phenols is 2. The van der Waals surface area contributed by atoms with E-state index < -0.39 is 11.9 Å². The minimum atomic E-state index is -1.08. The number of phenolic OH excluding ortho intramolecular Hbond substituents is 2. The van der Waals surface area contributed by atoms with Gasteiger partial charge in [-0.3, -0.25) is 9.98 Å². The van der Waals surface area contributed by atoms with Crippen molar-refractivity contribution in [3.05, 3.63) is 57.6 Å². The van der Waals surface area contributed by atoms with Gasteiger partial charge in [0.25, 0.3) is 0 Å². The number of hydrogen-bond donors (Lipinski definition) is 2. The fraction of sp³-hybridized carbons (Fsp3) is 0.556. The van der Waals surface area contributed by atoms with Crippen LogP contribution in [0.2, 0.25) is 0 Å². The number of aryl methyl sites for hydroxylation is 2. The van der Waals surface area contributed by atoms with Crippen molar-refractivity contribution >= 4 is 24.4 Å². The third-order valence-corrected chi connectivity index (χ3v) is 7.30. The molecule has 2 aromatic carbocycles. The zero-order chi connectivity index (χ0) is 33.8. The van der Waals surface area contributed by atoms with Gasteiger partial charge in [-0.2, -0.15) is 0 Å². The topological polar surface area (TPSA) is 145 Å². The van der Waals surface area contributed by atoms with Crippen LogP contribution in [0.1, 0.15) is 128 Å². The number of rotatable bonds is 6. The molecule has 0 heterocycles. The Bertz CT molecular complexity index is 1210. The minimum absolute atomic E-state index is 0. The van der Waals surface area contributed by atoms with Gasteiger partial charge >= 0.3 is 16.8 Å². The molecule has 251 valence electrons. The first-order valence-corrected chi connectivity index (χ1v) is 15.4. The van der Waals surface area contributed by atoms with E-state index >= 15 is 0 Å². The molecule has 2 N–H and O–H groups in total. The second-order valence-electron chi connectivity index (χ2n) is 13.4. The average molecular weight is 668 g/mol. The Morgan fingerprint density at radius 3 is 1.33 bits per heavy atom. The molecule has 45 heavy (non-hydrogen) atoms. The van der Waals surface area contributed by atoms with Crippen LogP contribution < -0.4 is 10.2 Å². The van der Waals surface area contributed by atoms with Crippen molar-refractivity contribution < 1.29 is 46.8 Å². The second kappa shape index (κ2) is 18.7. The van der Waals surface area contributed by atoms with Crippen molar-refractivity contribution in [2.75, 3.05) is 0 Å². The molecule has 1 radical (unpaired) electrons. The number of carbonyl (C=O) groups is 2. The summed E-state index contributed by atoms with van der Waals surface area (Å²) in [6.45, 7) is 19.0. The summed E-state index contributed by atoms with van der Waals surface area (Å²) >= 11 is 0. The van der Waals surface area contributed by atoms with E-state index in [4.69, 9.17) is 29.8 Å². The van der Waals surface area contributed by atoms with Crippen LogP contribution in [-0.4, -0.2) is 46.7 Å². The van der Waals surface area contributed by atoms with Crippen LogP contribution in [-0.2, 0) is 50.0 Å². The summed E-state index contributed by atoms with van der Waals surface area (Å²) in [6.07, 6.45) is 9.61. The van der Waals surface area contributed by atoms with Gasteiger partial charge in [0, 0.05) is 46.6 Å². The van der Waals surface area contributed by atoms with Crippen LogP contribution in [0.3, 0.4) is 0 Å². The van der Waals surface area contributed by atoms with Gasteiger partial charge in [-0.15, -0.1) is 0 Å². The van der Waals surface area contributed by atoms with Crippen molar-refractivity contribution in [3.8, 4) is 11.5 Å². The van der Waals surface area contributed by atoms with Crippen LogP contribution in [0.4, 0.5) is 0 Å². The van der Waals surface area contributed by atoms with Crippen LogP contribution in [0.5, 0.6) is 11.5 Å². The zero-order valence-corrected chi connectivity index (χ0v) is 29.7. The van der Waals surface area contributed by atoms with Gasteiger partial charge in [0.15, 0.2) is 0 Å². The number of nitrogens with zero attached hydrogens (tertiary/aromatic N) is 2. The van der Waals surface area contributed by atoms with Crippen molar-refractivity contribution in [2.45, 2.75) is 131 Å². The molecule has 3 rings (SSSR count). The number of aliphatic imine (C=N–C) groups is 2. The van der Waals surface area contributed by atoms with E-state index in [0.717, 1.165) is 74.6 Å². The molecule has 1 aliphatic carbocycles. The van der Waals surface area contributed by atoms with Crippen molar-refractivity contribution in [3.63, 3.8) is 0 Å². The average Bonchev–Trinajstić information content (AvgIpc) is 2.90. The Balaban J connectivity index is 0.00000192. The quantitative estimate of drug-likeness (QED) is 0.407. The number of aliphatic carboxylic acids is 2. The van der Waals surface area contributed by atoms with E-state index in [1.54, 1.807) is 0 Å². The van der Waals surface area contributed by atoms with Gasteiger partial charge in [0.2, 0.25) is 0 Å². The van der Waals surface area contributed by atoms with Gasteiger partial charge in [-0.1, -0.05) is 67.5 Å². The number of hydrogen-bond acceptors (Lipinski definition) is 8. The van der Waals surface area contributed by atoms with E-state index in [1.165, 1.54) is 11.1 Å². The Kier molecular flexibility index (Phi) is 17.4. The summed E-state index contributed by atoms with van der Waals surface area (Å²) in [6, 6.07) is 8.72. The van der Waals surface area contributed by atoms with Crippen molar-refractivity contribution in [1.82, 2.24) is 0 Å². The molecule has 2 unspecified atom stereocenters. The van der Waals surface area contributed by atoms with Gasteiger partial charge in [0.05, 0.1) is 12.1 Å². The Labute approximate surface area is 280 Å². The van der Waals surface area contributed by atoms with Gasteiger partial charge in [0.1, 0.15) is 11.5 Å². The summed E-state index contributed by atoms with van der Waals surface area (Å²) in [5.74, 6) is -1.48. The Morgan fingerprint density at radius 1 is 0.756 bits per heavy atom. The van der Waals surface area contributed by atoms with E-state index in [9.17, 15) is 10.2 Å². The fourth-order valence-corrected chi connectivity index (χ4v) is 4.97. The fourth-order valence-electron chi connectivity index (χ4n) is 4.97. The van der Waals surface area contributed by atoms with Crippen LogP contribution in [0, 0.1) is 0 Å². The standard InChI is InChI=1S/C32H46N2O2.2C2H4O2.Co/c1-9-21-14-23(29(35)27(16-21)31(3,4)5)19-33-25-12-11-13-26(18-25)34-20-24-15-22(10-2)17-28(30(24)36)32(6,7)8;2*1-2(3)4;/h14-17,19-20,25-26,35-36H,9-13,18H2,1-8H3;2*1H3,(H,3,4);/q;;;+2/p-2. The molecular formula is C36H52CoN2O6. The molecule has 2 aromatic rings. The molecule has 9 heteroatoms. The smallest absolute Gasteiger partial charge is 0.550 e. The van der Waals surface area contributed by atoms with E-state index in [-0.39, 0.29) is 39.7 Å². The zero-order valence-electron chi connectivity index (χ0n) is 28.6. The third kappa shape index (κ3) is 14.6. The number of carboxylic acid groups (broad SMARTS) is 2. The number of benzene rings is 2. The summed E-state index contributed by atoms with van der Waals surface area (Å²) in [4.78, 5) is 27.6. The van der Waals surface area contributed by atoms with Gasteiger partial charge in [-0.05, 0) is 86.5 Å². The second-order valence-corrected chi connectivity index (χ2v) is 13.4. The molecule has 0 spiro atoms. The Morgan fingerprint density at radius 2 is 1.07 bits per heavy atom. The monoisotopic (exact) mass is 667 g/mol. The predicted octanol–water partition coefficient (Wildman–Crippen LogP) is 5.18. The summed E-state index contributed by atoms with van der Waals surface area (Å²) in [5, 5.41) is 39.7. The molecule has 1 fully saturated rings. The van der Waals surface area contributed by atoms with E-state index in [1.807, 2.05) is 12.4 Å². The first-order chi connectivity index (χ1) is 20.3. The van der Waals surface area contributed by atoms with Crippen molar-refractivity contribution in [2.24, 2.45) is 9.98 Å². The summed E-state index contributed by atoms with van der Waals surface area (Å²) in [7, 11) is 0. The molecule has 2 atom stereocenters. The summed E-state index contributed by atoms with van der Waals surface area (Å²) in [5.41, 5.74) is 5.73. The van der Waals surface area contributed by atoms with Crippen LogP contribution >= 0.6 is 0 Å². The number of carboxylic acids is 2.